The van der Waals surface area contributed by atoms with Crippen LogP contribution in [0.15, 0.2) is 0 Å². The second kappa shape index (κ2) is 7.77. The van der Waals surface area contributed by atoms with Crippen molar-refractivity contribution < 1.29 is 4.79 Å². The van der Waals surface area contributed by atoms with Crippen LogP contribution in [0.1, 0.15) is 49.6 Å². The highest BCUT2D eigenvalue weighted by Crippen LogP contribution is 2.14. The van der Waals surface area contributed by atoms with Crippen molar-refractivity contribution in [1.29, 1.82) is 0 Å². The van der Waals surface area contributed by atoms with E-state index < -0.39 is 0 Å². The van der Waals surface area contributed by atoms with Crippen molar-refractivity contribution in [3.63, 3.8) is 0 Å². The molecule has 1 N–H and O–H groups in total. The summed E-state index contributed by atoms with van der Waals surface area (Å²) in [6, 6.07) is -0.0504. The van der Waals surface area contributed by atoms with Crippen LogP contribution < -0.4 is 0 Å². The number of aromatic nitrogens is 2. The maximum Gasteiger partial charge on any atom is 0.239 e. The molecule has 0 saturated carbocycles. The fourth-order valence-electron chi connectivity index (χ4n) is 3.17. The van der Waals surface area contributed by atoms with Crippen LogP contribution in [0.2, 0.25) is 0 Å². The zero-order chi connectivity index (χ0) is 16.1. The molecule has 1 atom stereocenters. The van der Waals surface area contributed by atoms with E-state index in [0.717, 1.165) is 50.3 Å². The van der Waals surface area contributed by atoms with E-state index >= 15 is 0 Å². The van der Waals surface area contributed by atoms with Crippen LogP contribution in [0.25, 0.3) is 0 Å². The molecule has 1 aliphatic heterocycles. The highest BCUT2D eigenvalue weighted by atomic mass is 16.2. The lowest BCUT2D eigenvalue weighted by molar-refractivity contribution is -0.135. The molecule has 1 saturated heterocycles. The zero-order valence-electron chi connectivity index (χ0n) is 14.5. The van der Waals surface area contributed by atoms with Crippen LogP contribution in [0.4, 0.5) is 0 Å². The first kappa shape index (κ1) is 17.0. The molecule has 5 heteroatoms. The lowest BCUT2D eigenvalue weighted by atomic mass is 10.1. The molecule has 2 heterocycles. The lowest BCUT2D eigenvalue weighted by Gasteiger charge is -2.29. The number of aromatic amines is 1. The molecule has 5 nitrogen and oxygen atoms in total. The summed E-state index contributed by atoms with van der Waals surface area (Å²) in [5.74, 6) is 0.282. The lowest BCUT2D eigenvalue weighted by Crippen LogP contribution is -2.46. The molecule has 1 amide bonds. The molecule has 124 valence electrons. The van der Waals surface area contributed by atoms with Crippen molar-refractivity contribution in [2.75, 3.05) is 26.7 Å². The highest BCUT2D eigenvalue weighted by molar-refractivity contribution is 5.81. The third-order valence-electron chi connectivity index (χ3n) is 4.93. The summed E-state index contributed by atoms with van der Waals surface area (Å²) in [6.07, 6.45) is 5.74. The number of amides is 1. The summed E-state index contributed by atoms with van der Waals surface area (Å²) in [7, 11) is 2.05. The van der Waals surface area contributed by atoms with Crippen LogP contribution in [0, 0.1) is 13.8 Å². The summed E-state index contributed by atoms with van der Waals surface area (Å²) < 4.78 is 0. The Labute approximate surface area is 134 Å². The van der Waals surface area contributed by atoms with Gasteiger partial charge in [-0.2, -0.15) is 5.10 Å². The van der Waals surface area contributed by atoms with E-state index in [-0.39, 0.29) is 11.9 Å². The van der Waals surface area contributed by atoms with Crippen molar-refractivity contribution in [1.82, 2.24) is 20.0 Å². The number of likely N-dealkylation sites (N-methyl/N-ethyl adjacent to an activating group) is 1. The van der Waals surface area contributed by atoms with Gasteiger partial charge in [0.25, 0.3) is 0 Å². The molecule has 0 spiro atoms. The van der Waals surface area contributed by atoms with Crippen LogP contribution in [-0.4, -0.2) is 58.6 Å². The minimum absolute atomic E-state index is 0.0504. The quantitative estimate of drug-likeness (QED) is 0.908. The molecular formula is C17H30N4O. The number of rotatable bonds is 5. The standard InChI is InChI=1S/C17H30N4O/c1-13-16(14(2)19-18-13)9-12-20(4)15(3)17(22)21-10-7-5-6-8-11-21/h15H,5-12H2,1-4H3,(H,18,19)/t15-/m0/s1. The largest absolute Gasteiger partial charge is 0.341 e. The van der Waals surface area contributed by atoms with E-state index in [9.17, 15) is 4.79 Å². The second-order valence-corrected chi connectivity index (χ2v) is 6.56. The van der Waals surface area contributed by atoms with Gasteiger partial charge in [0.1, 0.15) is 0 Å². The van der Waals surface area contributed by atoms with Crippen molar-refractivity contribution in [3.05, 3.63) is 17.0 Å². The Hall–Kier alpha value is -1.36. The Morgan fingerprint density at radius 1 is 1.27 bits per heavy atom. The van der Waals surface area contributed by atoms with E-state index in [2.05, 4.69) is 26.9 Å². The summed E-state index contributed by atoms with van der Waals surface area (Å²) in [5.41, 5.74) is 3.48. The number of H-pyrrole nitrogens is 1. The SMILES string of the molecule is Cc1n[nH]c(C)c1CCN(C)[C@@H](C)C(=O)N1CCCCCC1. The average Bonchev–Trinajstić information content (AvgIpc) is 2.74. The maximum atomic E-state index is 12.7. The predicted octanol–water partition coefficient (Wildman–Crippen LogP) is 2.29. The van der Waals surface area contributed by atoms with Gasteiger partial charge in [0, 0.05) is 25.3 Å². The fraction of sp³-hybridized carbons (Fsp3) is 0.765. The first-order chi connectivity index (χ1) is 10.5. The number of nitrogens with zero attached hydrogens (tertiary/aromatic N) is 3. The number of carbonyl (C=O) groups is 1. The van der Waals surface area contributed by atoms with Gasteiger partial charge in [-0.3, -0.25) is 14.8 Å². The maximum absolute atomic E-state index is 12.7. The van der Waals surface area contributed by atoms with Crippen molar-refractivity contribution >= 4 is 5.91 Å². The molecule has 0 aromatic carbocycles. The van der Waals surface area contributed by atoms with Crippen LogP contribution in [0.5, 0.6) is 0 Å². The summed E-state index contributed by atoms with van der Waals surface area (Å²) >= 11 is 0. The Morgan fingerprint density at radius 3 is 2.45 bits per heavy atom. The number of hydrogen-bond donors (Lipinski definition) is 1. The number of likely N-dealkylation sites (tertiary alicyclic amines) is 1. The number of aryl methyl sites for hydroxylation is 2. The Bertz CT molecular complexity index is 469. The molecule has 1 aliphatic rings. The van der Waals surface area contributed by atoms with E-state index in [1.165, 1.54) is 18.4 Å². The predicted molar refractivity (Wildman–Crippen MR) is 88.9 cm³/mol. The van der Waals surface area contributed by atoms with Gasteiger partial charge in [-0.05, 0) is 52.6 Å². The molecule has 2 rings (SSSR count). The number of carbonyl (C=O) groups excluding carboxylic acids is 1. The van der Waals surface area contributed by atoms with E-state index in [4.69, 9.17) is 0 Å². The number of nitrogens with one attached hydrogen (secondary N) is 1. The van der Waals surface area contributed by atoms with Gasteiger partial charge < -0.3 is 4.90 Å². The third-order valence-corrected chi connectivity index (χ3v) is 4.93. The molecule has 1 aromatic heterocycles. The summed E-state index contributed by atoms with van der Waals surface area (Å²) in [4.78, 5) is 16.9. The topological polar surface area (TPSA) is 52.2 Å². The van der Waals surface area contributed by atoms with Gasteiger partial charge in [-0.25, -0.2) is 0 Å². The molecule has 0 unspecified atom stereocenters. The second-order valence-electron chi connectivity index (χ2n) is 6.56. The molecule has 0 bridgehead atoms. The van der Waals surface area contributed by atoms with Crippen LogP contribution >= 0.6 is 0 Å². The molecule has 1 aromatic rings. The summed E-state index contributed by atoms with van der Waals surface area (Å²) in [5, 5.41) is 7.27. The van der Waals surface area contributed by atoms with Crippen molar-refractivity contribution in [3.8, 4) is 0 Å². The van der Waals surface area contributed by atoms with Crippen LogP contribution in [-0.2, 0) is 11.2 Å². The van der Waals surface area contributed by atoms with Gasteiger partial charge in [-0.1, -0.05) is 12.8 Å². The summed E-state index contributed by atoms with van der Waals surface area (Å²) in [6.45, 7) is 8.85. The van der Waals surface area contributed by atoms with E-state index in [1.54, 1.807) is 0 Å². The molecular weight excluding hydrogens is 276 g/mol. The molecule has 22 heavy (non-hydrogen) atoms. The normalized spacial score (nSPS) is 17.6. The van der Waals surface area contributed by atoms with Gasteiger partial charge in [-0.15, -0.1) is 0 Å². The first-order valence-corrected chi connectivity index (χ1v) is 8.50. The minimum Gasteiger partial charge on any atom is -0.341 e. The Morgan fingerprint density at radius 2 is 1.91 bits per heavy atom. The monoisotopic (exact) mass is 306 g/mol. The van der Waals surface area contributed by atoms with Gasteiger partial charge in [0.05, 0.1) is 11.7 Å². The molecule has 0 aliphatic carbocycles. The third kappa shape index (κ3) is 4.09. The Balaban J connectivity index is 1.88. The van der Waals surface area contributed by atoms with Crippen LogP contribution in [0.3, 0.4) is 0 Å². The molecule has 0 radical (unpaired) electrons. The Kier molecular flexibility index (Phi) is 6.00. The van der Waals surface area contributed by atoms with Gasteiger partial charge in [0.2, 0.25) is 5.91 Å². The first-order valence-electron chi connectivity index (χ1n) is 8.50. The zero-order valence-corrected chi connectivity index (χ0v) is 14.5. The van der Waals surface area contributed by atoms with Gasteiger partial charge in [0.15, 0.2) is 0 Å². The van der Waals surface area contributed by atoms with Crippen molar-refractivity contribution in [2.24, 2.45) is 0 Å². The van der Waals surface area contributed by atoms with Crippen molar-refractivity contribution in [2.45, 2.75) is 58.9 Å². The fourth-order valence-corrected chi connectivity index (χ4v) is 3.17. The van der Waals surface area contributed by atoms with E-state index in [0.29, 0.717) is 0 Å². The number of hydrogen-bond acceptors (Lipinski definition) is 3. The minimum atomic E-state index is -0.0504. The van der Waals surface area contributed by atoms with Gasteiger partial charge >= 0.3 is 0 Å². The highest BCUT2D eigenvalue weighted by Gasteiger charge is 2.24. The van der Waals surface area contributed by atoms with E-state index in [1.807, 2.05) is 20.9 Å². The molecule has 1 fully saturated rings. The smallest absolute Gasteiger partial charge is 0.239 e. The average molecular weight is 306 g/mol.